The summed E-state index contributed by atoms with van der Waals surface area (Å²) in [5.41, 5.74) is 0.353. The molecule has 0 aromatic heterocycles. The fourth-order valence-electron chi connectivity index (χ4n) is 12.7. The molecule has 0 spiro atoms. The van der Waals surface area contributed by atoms with Gasteiger partial charge in [-0.15, -0.1) is 0 Å². The molecule has 628 valence electrons. The van der Waals surface area contributed by atoms with Crippen LogP contribution in [-0.2, 0) is 83.1 Å². The lowest BCUT2D eigenvalue weighted by atomic mass is 9.95. The molecule has 31 heteroatoms. The molecule has 31 nitrogen and oxygen atoms in total. The molecule has 0 unspecified atom stereocenters. The molecule has 2 saturated heterocycles. The fraction of sp³-hybridized carbons (Fsp3) is 0.691. The average Bonchev–Trinajstić information content (AvgIpc) is 1.52. The number of nitrogens with zero attached hydrogens (tertiary/aromatic N) is 1. The highest BCUT2D eigenvalue weighted by atomic mass is 16.5. The molecule has 14 amide bonds. The number of allylic oxidation sites excluding steroid dienone is 2. The summed E-state index contributed by atoms with van der Waals surface area (Å²) in [4.78, 5) is 217. The van der Waals surface area contributed by atoms with Gasteiger partial charge in [0.1, 0.15) is 84.3 Å². The lowest BCUT2D eigenvalue weighted by molar-refractivity contribution is -0.157. The molecule has 0 saturated carbocycles. The number of esters is 1. The predicted octanol–water partition coefficient (Wildman–Crippen LogP) is 3.35. The van der Waals surface area contributed by atoms with Crippen LogP contribution in [0.3, 0.4) is 0 Å². The van der Waals surface area contributed by atoms with Crippen molar-refractivity contribution in [2.24, 2.45) is 47.3 Å². The lowest BCUT2D eigenvalue weighted by Crippen LogP contribution is -2.64. The van der Waals surface area contributed by atoms with Crippen molar-refractivity contribution in [3.8, 4) is 0 Å². The lowest BCUT2D eigenvalue weighted by Gasteiger charge is -2.34. The van der Waals surface area contributed by atoms with Gasteiger partial charge < -0.3 is 83.9 Å². The smallest absolute Gasteiger partial charge is 0.329 e. The summed E-state index contributed by atoms with van der Waals surface area (Å²) in [5, 5.41) is 46.1. The summed E-state index contributed by atoms with van der Waals surface area (Å²) in [6.45, 7) is 33.5. The molecule has 2 heterocycles. The highest BCUT2D eigenvalue weighted by Gasteiger charge is 2.45. The van der Waals surface area contributed by atoms with Gasteiger partial charge in [-0.2, -0.15) is 0 Å². The van der Waals surface area contributed by atoms with Crippen molar-refractivity contribution < 1.29 is 81.8 Å². The Labute approximate surface area is 662 Å². The van der Waals surface area contributed by atoms with Crippen LogP contribution in [-0.4, -0.2) is 196 Å². The molecule has 2 fully saturated rings. The minimum atomic E-state index is -1.86. The van der Waals surface area contributed by atoms with Crippen molar-refractivity contribution in [3.63, 3.8) is 0 Å². The molecule has 2 aliphatic rings. The zero-order chi connectivity index (χ0) is 84.5. The quantitative estimate of drug-likeness (QED) is 0.0258. The van der Waals surface area contributed by atoms with E-state index in [9.17, 15) is 62.6 Å². The number of unbranched alkanes of at least 4 members (excludes halogenated alkanes) is 1. The molecular weight excluding hydrogens is 1440 g/mol. The molecule has 16 atom stereocenters. The van der Waals surface area contributed by atoms with Crippen LogP contribution in [0.15, 0.2) is 54.3 Å². The Hall–Kier alpha value is -9.29. The van der Waals surface area contributed by atoms with E-state index in [1.165, 1.54) is 37.8 Å². The maximum atomic E-state index is 15.2. The van der Waals surface area contributed by atoms with Crippen molar-refractivity contribution in [3.05, 3.63) is 59.8 Å². The van der Waals surface area contributed by atoms with Gasteiger partial charge in [0.25, 0.3) is 5.91 Å². The normalized spacial score (nSPS) is 21.9. The molecule has 1 aromatic carbocycles. The number of aliphatic hydroxyl groups excluding tert-OH is 1. The molecule has 0 bridgehead atoms. The van der Waals surface area contributed by atoms with Crippen molar-refractivity contribution in [2.45, 2.75) is 300 Å². The average molecular weight is 1570 g/mol. The molecular formula is C81H132N14O17. The largest absolute Gasteiger partial charge is 0.458 e. The van der Waals surface area contributed by atoms with Crippen molar-refractivity contribution in [1.29, 1.82) is 0 Å². The second-order valence-electron chi connectivity index (χ2n) is 31.9. The number of likely N-dealkylation sites (tertiary alicyclic amines) is 1. The first-order chi connectivity index (χ1) is 52.6. The van der Waals surface area contributed by atoms with Gasteiger partial charge in [0.05, 0.1) is 6.10 Å². The summed E-state index contributed by atoms with van der Waals surface area (Å²) in [6.07, 6.45) is 5.14. The molecule has 112 heavy (non-hydrogen) atoms. The summed E-state index contributed by atoms with van der Waals surface area (Å²) in [7, 11) is 0. The third kappa shape index (κ3) is 30.7. The fourth-order valence-corrected chi connectivity index (χ4v) is 12.7. The van der Waals surface area contributed by atoms with Crippen LogP contribution >= 0.6 is 0 Å². The number of ether oxygens (including phenoxy) is 1. The van der Waals surface area contributed by atoms with E-state index in [0.717, 1.165) is 12.8 Å². The van der Waals surface area contributed by atoms with Crippen LogP contribution in [0.4, 0.5) is 0 Å². The Bertz CT molecular complexity index is 3410. The third-order valence-corrected chi connectivity index (χ3v) is 20.3. The van der Waals surface area contributed by atoms with E-state index in [0.29, 0.717) is 30.7 Å². The van der Waals surface area contributed by atoms with Gasteiger partial charge in [0, 0.05) is 25.9 Å². The molecule has 0 aliphatic carbocycles. The number of carbonyl (C=O) groups excluding carboxylic acids is 15. The highest BCUT2D eigenvalue weighted by molar-refractivity contribution is 6.03. The highest BCUT2D eigenvalue weighted by Crippen LogP contribution is 2.23. The zero-order valence-electron chi connectivity index (χ0n) is 69.6. The topological polar surface area (TPSA) is 445 Å². The number of nitrogens with one attached hydrogen (secondary N) is 13. The number of benzene rings is 1. The summed E-state index contributed by atoms with van der Waals surface area (Å²) in [6, 6.07) is -8.09. The van der Waals surface area contributed by atoms with Gasteiger partial charge >= 0.3 is 5.97 Å². The monoisotopic (exact) mass is 1570 g/mol. The Balaban J connectivity index is 2.09. The van der Waals surface area contributed by atoms with Gasteiger partial charge in [-0.05, 0) is 118 Å². The number of aliphatic hydroxyl groups is 1. The Morgan fingerprint density at radius 2 is 1.17 bits per heavy atom. The number of hydrogen-bond donors (Lipinski definition) is 14. The summed E-state index contributed by atoms with van der Waals surface area (Å²) in [5.74, 6) is -16.0. The summed E-state index contributed by atoms with van der Waals surface area (Å²) < 4.78 is 5.99. The first-order valence-electron chi connectivity index (χ1n) is 40.1. The first kappa shape index (κ1) is 96.9. The minimum Gasteiger partial charge on any atom is -0.458 e. The van der Waals surface area contributed by atoms with Gasteiger partial charge in [0.2, 0.25) is 76.8 Å². The maximum Gasteiger partial charge on any atom is 0.329 e. The first-order valence-corrected chi connectivity index (χ1v) is 40.1. The molecule has 1 aromatic rings. The van der Waals surface area contributed by atoms with Crippen molar-refractivity contribution in [1.82, 2.24) is 74.0 Å². The molecule has 2 aliphatic heterocycles. The van der Waals surface area contributed by atoms with Crippen molar-refractivity contribution in [2.75, 3.05) is 13.1 Å². The van der Waals surface area contributed by atoms with E-state index in [1.807, 2.05) is 20.8 Å². The van der Waals surface area contributed by atoms with Crippen LogP contribution in [0.5, 0.6) is 0 Å². The number of hydrogen-bond acceptors (Lipinski definition) is 17. The molecule has 3 rings (SSSR count). The van der Waals surface area contributed by atoms with Gasteiger partial charge in [0.15, 0.2) is 0 Å². The van der Waals surface area contributed by atoms with Crippen LogP contribution < -0.4 is 69.1 Å². The standard InChI is InChI=1S/C81H132N14O17/c1-21-25-27-38-58(97)82-40-31-36-55(84-72(102)57-37-32-41-95(57)80(110)63(47(13)14)89-75(105)62(46(11)12)88-78(108)67(51(19)96)93-74(104)60(44(7)8)86-59(98)39-30-33-43(5)6)70(100)91-65(49(17)22-2)77(107)94-68-52(20)112-81(111)64(48(15)16)90-69(99)54(24-4)83-71(101)56(42-53-34-28-26-29-35-53)85-73(103)61(45(9)10)87-76(106)66(50(18)23-3)92-79(68)109/h24,26-29,34-35,38,43-52,55-57,60-68,96H,21-23,25,30-33,36-37,39-42H2,1-20H3,(H,82,97)(H,83,101)(H,84,102)(H,85,103)(H,86,98)(H,87,106)(H,88,108)(H,89,105)(H,90,99)(H,91,100)(H,92,109)(H,93,104)(H,94,107)/b38-27+,54-24-/t49-,50-,51-,52+,55+,56+,57-,60-,61-,62+,63-,64+,65-,66-,67+,68-/m1/s1. The second kappa shape index (κ2) is 47.9. The number of amides is 14. The van der Waals surface area contributed by atoms with Crippen molar-refractivity contribution >= 4 is 88.7 Å². The van der Waals surface area contributed by atoms with Crippen LogP contribution in [0.2, 0.25) is 0 Å². The second-order valence-corrected chi connectivity index (χ2v) is 31.9. The van der Waals surface area contributed by atoms with E-state index >= 15 is 14.4 Å². The van der Waals surface area contributed by atoms with Gasteiger partial charge in [-0.1, -0.05) is 186 Å². The number of carbonyl (C=O) groups is 15. The Kier molecular flexibility index (Phi) is 41.5. The van der Waals surface area contributed by atoms with E-state index in [2.05, 4.69) is 69.1 Å². The van der Waals surface area contributed by atoms with Gasteiger partial charge in [-0.3, -0.25) is 67.1 Å². The SMILES string of the molecule is C/C=C1\NC(=O)[C@H](Cc2ccccc2)NC(=O)[C@@H](C(C)C)NC(=O)[C@@H]([C@H](C)CC)NC(=O)[C@H](NC(=O)[C@H](NC(=O)[C@H](CCCNC(=O)/C=C/CCC)NC(=O)[C@H]2CCCN2C(=O)[C@H](NC(=O)[C@@H](NC(=O)[C@@H](NC(=O)[C@H](NC(=O)CCCC(C)C)C(C)C)[C@@H](C)O)C(C)C)C(C)C)[C@H](C)CC)[C@H](C)OC(=O)[C@H](C(C)C)NC1=O. The van der Waals surface area contributed by atoms with Crippen LogP contribution in [0, 0.1) is 47.3 Å². The predicted molar refractivity (Wildman–Crippen MR) is 423 cm³/mol. The number of cyclic esters (lactones) is 1. The van der Waals surface area contributed by atoms with Crippen LogP contribution in [0.25, 0.3) is 0 Å². The zero-order valence-corrected chi connectivity index (χ0v) is 69.6. The Morgan fingerprint density at radius 1 is 0.607 bits per heavy atom. The third-order valence-electron chi connectivity index (χ3n) is 20.3. The minimum absolute atomic E-state index is 0.0230. The van der Waals surface area contributed by atoms with E-state index < -0.39 is 209 Å². The van der Waals surface area contributed by atoms with Crippen LogP contribution in [0.1, 0.15) is 215 Å². The van der Waals surface area contributed by atoms with E-state index in [-0.39, 0.29) is 69.6 Å². The summed E-state index contributed by atoms with van der Waals surface area (Å²) >= 11 is 0. The molecule has 0 radical (unpaired) electrons. The molecule has 14 N–H and O–H groups in total. The van der Waals surface area contributed by atoms with E-state index in [1.54, 1.807) is 133 Å². The van der Waals surface area contributed by atoms with E-state index in [4.69, 9.17) is 4.74 Å². The van der Waals surface area contributed by atoms with Gasteiger partial charge in [-0.25, -0.2) is 4.79 Å². The Morgan fingerprint density at radius 3 is 1.72 bits per heavy atom. The maximum absolute atomic E-state index is 15.2. The number of rotatable bonds is 37.